The van der Waals surface area contributed by atoms with Crippen molar-refractivity contribution in [1.82, 2.24) is 4.98 Å². The first kappa shape index (κ1) is 21.6. The predicted octanol–water partition coefficient (Wildman–Crippen LogP) is 4.60. The van der Waals surface area contributed by atoms with E-state index in [0.717, 1.165) is 10.9 Å². The number of primary amides is 1. The van der Waals surface area contributed by atoms with Gasteiger partial charge in [0.1, 0.15) is 11.6 Å². The van der Waals surface area contributed by atoms with E-state index in [1.54, 1.807) is 24.3 Å². The number of benzene rings is 3. The van der Waals surface area contributed by atoms with Crippen LogP contribution in [0.15, 0.2) is 78.9 Å². The third-order valence-electron chi connectivity index (χ3n) is 4.99. The average molecular weight is 441 g/mol. The van der Waals surface area contributed by atoms with Crippen molar-refractivity contribution in [3.63, 3.8) is 0 Å². The zero-order chi connectivity index (χ0) is 23.2. The van der Waals surface area contributed by atoms with Crippen LogP contribution < -0.4 is 26.4 Å². The first-order valence-electron chi connectivity index (χ1n) is 10.3. The summed E-state index contributed by atoms with van der Waals surface area (Å²) in [6.45, 7) is 0.582. The number of fused-ring (bicyclic) bond motifs is 1. The van der Waals surface area contributed by atoms with E-state index in [-0.39, 0.29) is 5.91 Å². The Morgan fingerprint density at radius 3 is 2.45 bits per heavy atom. The monoisotopic (exact) mass is 441 g/mol. The van der Waals surface area contributed by atoms with Gasteiger partial charge in [-0.05, 0) is 29.8 Å². The van der Waals surface area contributed by atoms with Crippen LogP contribution in [0.25, 0.3) is 10.9 Å². The SMILES string of the molecule is COc1cc(NC(=O)c2cc(NCc3ccccc3)nc3ccccc23)ccc1NC(N)=O. The van der Waals surface area contributed by atoms with Gasteiger partial charge in [-0.3, -0.25) is 4.79 Å². The van der Waals surface area contributed by atoms with Crippen molar-refractivity contribution in [2.75, 3.05) is 23.1 Å². The summed E-state index contributed by atoms with van der Waals surface area (Å²) in [6.07, 6.45) is 0. The van der Waals surface area contributed by atoms with E-state index in [0.29, 0.717) is 40.6 Å². The maximum absolute atomic E-state index is 13.2. The number of methoxy groups -OCH3 is 1. The second kappa shape index (κ2) is 9.69. The molecular formula is C25H23N5O3. The van der Waals surface area contributed by atoms with Crippen LogP contribution in [0.5, 0.6) is 5.75 Å². The molecule has 0 radical (unpaired) electrons. The minimum Gasteiger partial charge on any atom is -0.494 e. The molecule has 0 saturated carbocycles. The van der Waals surface area contributed by atoms with Gasteiger partial charge in [0, 0.05) is 23.7 Å². The van der Waals surface area contributed by atoms with Crippen LogP contribution in [-0.2, 0) is 6.54 Å². The topological polar surface area (TPSA) is 118 Å². The third kappa shape index (κ3) is 5.19. The van der Waals surface area contributed by atoms with E-state index in [4.69, 9.17) is 10.5 Å². The number of nitrogens with one attached hydrogen (secondary N) is 3. The van der Waals surface area contributed by atoms with Gasteiger partial charge < -0.3 is 26.4 Å². The zero-order valence-corrected chi connectivity index (χ0v) is 18.0. The molecule has 4 aromatic rings. The summed E-state index contributed by atoms with van der Waals surface area (Å²) >= 11 is 0. The highest BCUT2D eigenvalue weighted by molar-refractivity contribution is 6.13. The van der Waals surface area contributed by atoms with Crippen molar-refractivity contribution in [2.24, 2.45) is 5.73 Å². The lowest BCUT2D eigenvalue weighted by molar-refractivity contribution is 0.102. The normalized spacial score (nSPS) is 10.5. The fraction of sp³-hybridized carbons (Fsp3) is 0.0800. The minimum atomic E-state index is -0.705. The number of urea groups is 1. The highest BCUT2D eigenvalue weighted by atomic mass is 16.5. The van der Waals surface area contributed by atoms with Crippen LogP contribution in [0.4, 0.5) is 22.0 Å². The number of hydrogen-bond donors (Lipinski definition) is 4. The number of aromatic nitrogens is 1. The Morgan fingerprint density at radius 1 is 0.939 bits per heavy atom. The predicted molar refractivity (Wildman–Crippen MR) is 130 cm³/mol. The summed E-state index contributed by atoms with van der Waals surface area (Å²) in [5.41, 5.74) is 8.39. The molecule has 4 rings (SSSR count). The molecule has 0 bridgehead atoms. The fourth-order valence-electron chi connectivity index (χ4n) is 3.45. The van der Waals surface area contributed by atoms with Crippen LogP contribution in [-0.4, -0.2) is 24.0 Å². The molecule has 8 nitrogen and oxygen atoms in total. The number of anilines is 3. The lowest BCUT2D eigenvalue weighted by Crippen LogP contribution is -2.20. The Balaban J connectivity index is 1.61. The van der Waals surface area contributed by atoms with Gasteiger partial charge in [0.15, 0.2) is 0 Å². The summed E-state index contributed by atoms with van der Waals surface area (Å²) in [5.74, 6) is 0.673. The van der Waals surface area contributed by atoms with Gasteiger partial charge in [0.25, 0.3) is 5.91 Å². The lowest BCUT2D eigenvalue weighted by atomic mass is 10.1. The molecule has 0 saturated heterocycles. The molecule has 0 atom stereocenters. The van der Waals surface area contributed by atoms with Gasteiger partial charge in [0.05, 0.1) is 23.9 Å². The minimum absolute atomic E-state index is 0.297. The number of ether oxygens (including phenoxy) is 1. The first-order chi connectivity index (χ1) is 16.0. The Bertz CT molecular complexity index is 1310. The van der Waals surface area contributed by atoms with Crippen molar-refractivity contribution < 1.29 is 14.3 Å². The van der Waals surface area contributed by atoms with Crippen LogP contribution >= 0.6 is 0 Å². The summed E-state index contributed by atoms with van der Waals surface area (Å²) in [6, 6.07) is 23.3. The molecule has 0 aliphatic heterocycles. The number of pyridine rings is 1. The van der Waals surface area contributed by atoms with Crippen LogP contribution in [0.1, 0.15) is 15.9 Å². The van der Waals surface area contributed by atoms with Crippen molar-refractivity contribution in [2.45, 2.75) is 6.54 Å². The lowest BCUT2D eigenvalue weighted by Gasteiger charge is -2.14. The highest BCUT2D eigenvalue weighted by Gasteiger charge is 2.15. The summed E-state index contributed by atoms with van der Waals surface area (Å²) in [7, 11) is 1.47. The van der Waals surface area contributed by atoms with E-state index >= 15 is 0 Å². The van der Waals surface area contributed by atoms with Crippen LogP contribution in [0.2, 0.25) is 0 Å². The number of rotatable bonds is 7. The van der Waals surface area contributed by atoms with E-state index < -0.39 is 6.03 Å². The zero-order valence-electron chi connectivity index (χ0n) is 18.0. The second-order valence-corrected chi connectivity index (χ2v) is 7.27. The summed E-state index contributed by atoms with van der Waals surface area (Å²) in [4.78, 5) is 29.0. The van der Waals surface area contributed by atoms with Gasteiger partial charge in [0.2, 0.25) is 0 Å². The van der Waals surface area contributed by atoms with E-state index in [1.807, 2.05) is 54.6 Å². The highest BCUT2D eigenvalue weighted by Crippen LogP contribution is 2.29. The average Bonchev–Trinajstić information content (AvgIpc) is 2.83. The smallest absolute Gasteiger partial charge is 0.316 e. The quantitative estimate of drug-likeness (QED) is 0.334. The van der Waals surface area contributed by atoms with Gasteiger partial charge in [-0.15, -0.1) is 0 Å². The molecule has 33 heavy (non-hydrogen) atoms. The van der Waals surface area contributed by atoms with Gasteiger partial charge in [-0.2, -0.15) is 0 Å². The van der Waals surface area contributed by atoms with Gasteiger partial charge in [-0.25, -0.2) is 9.78 Å². The maximum Gasteiger partial charge on any atom is 0.316 e. The summed E-state index contributed by atoms with van der Waals surface area (Å²) in [5, 5.41) is 9.40. The molecule has 8 heteroatoms. The molecule has 3 amide bonds. The molecule has 1 aromatic heterocycles. The van der Waals surface area contributed by atoms with Crippen LogP contribution in [0.3, 0.4) is 0 Å². The Kier molecular flexibility index (Phi) is 6.36. The number of para-hydroxylation sites is 1. The molecule has 0 aliphatic carbocycles. The number of nitrogens with two attached hydrogens (primary N) is 1. The largest absolute Gasteiger partial charge is 0.494 e. The van der Waals surface area contributed by atoms with E-state index in [1.165, 1.54) is 7.11 Å². The number of nitrogens with zero attached hydrogens (tertiary/aromatic N) is 1. The number of carbonyl (C=O) groups excluding carboxylic acids is 2. The van der Waals surface area contributed by atoms with Crippen molar-refractivity contribution in [3.05, 3.63) is 90.0 Å². The fourth-order valence-corrected chi connectivity index (χ4v) is 3.45. The van der Waals surface area contributed by atoms with Crippen molar-refractivity contribution in [3.8, 4) is 5.75 Å². The Hall–Kier alpha value is -4.59. The standard InChI is InChI=1S/C25H23N5O3/c1-33-22-13-17(11-12-21(22)30-25(26)32)28-24(31)19-14-23(27-15-16-7-3-2-4-8-16)29-20-10-6-5-9-18(19)20/h2-14H,15H2,1H3,(H,27,29)(H,28,31)(H3,26,30,32). The van der Waals surface area contributed by atoms with Crippen molar-refractivity contribution >= 4 is 40.0 Å². The number of carbonyl (C=O) groups is 2. The Labute approximate surface area is 190 Å². The maximum atomic E-state index is 13.2. The number of amides is 3. The molecule has 1 heterocycles. The molecule has 0 unspecified atom stereocenters. The molecule has 166 valence electrons. The first-order valence-corrected chi connectivity index (χ1v) is 10.3. The molecule has 0 spiro atoms. The molecule has 0 aliphatic rings. The molecular weight excluding hydrogens is 418 g/mol. The van der Waals surface area contributed by atoms with Gasteiger partial charge >= 0.3 is 6.03 Å². The number of hydrogen-bond acceptors (Lipinski definition) is 5. The second-order valence-electron chi connectivity index (χ2n) is 7.27. The van der Waals surface area contributed by atoms with E-state index in [2.05, 4.69) is 20.9 Å². The third-order valence-corrected chi connectivity index (χ3v) is 4.99. The molecule has 5 N–H and O–H groups in total. The van der Waals surface area contributed by atoms with Crippen molar-refractivity contribution in [1.29, 1.82) is 0 Å². The Morgan fingerprint density at radius 2 is 1.70 bits per heavy atom. The molecule has 0 fully saturated rings. The summed E-state index contributed by atoms with van der Waals surface area (Å²) < 4.78 is 5.30. The van der Waals surface area contributed by atoms with E-state index in [9.17, 15) is 9.59 Å². The van der Waals surface area contributed by atoms with Crippen LogP contribution in [0, 0.1) is 0 Å². The molecule has 3 aromatic carbocycles. The van der Waals surface area contributed by atoms with Gasteiger partial charge in [-0.1, -0.05) is 48.5 Å².